The molecule has 0 saturated heterocycles. The van der Waals surface area contributed by atoms with Crippen molar-refractivity contribution in [3.63, 3.8) is 0 Å². The zero-order valence-corrected chi connectivity index (χ0v) is 20.5. The Morgan fingerprint density at radius 3 is 2.78 bits per heavy atom. The van der Waals surface area contributed by atoms with Crippen LogP contribution in [0.4, 0.5) is 8.78 Å². The summed E-state index contributed by atoms with van der Waals surface area (Å²) in [6.07, 6.45) is 1.12. The van der Waals surface area contributed by atoms with Crippen molar-refractivity contribution >= 4 is 28.3 Å². The number of alkyl halides is 2. The minimum Gasteiger partial charge on any atom is -0.460 e. The van der Waals surface area contributed by atoms with Crippen LogP contribution in [0.2, 0.25) is 0 Å². The second-order valence-electron chi connectivity index (χ2n) is 9.21. The average molecular weight is 513 g/mol. The quantitative estimate of drug-likeness (QED) is 0.370. The van der Waals surface area contributed by atoms with Crippen molar-refractivity contribution in [2.24, 2.45) is 0 Å². The fourth-order valence-corrected chi connectivity index (χ4v) is 4.89. The first kappa shape index (κ1) is 24.7. The van der Waals surface area contributed by atoms with E-state index in [0.717, 1.165) is 0 Å². The Bertz CT molecular complexity index is 1530. The van der Waals surface area contributed by atoms with Gasteiger partial charge in [0.05, 0.1) is 23.4 Å². The number of nitrogens with one attached hydrogen (secondary N) is 2. The summed E-state index contributed by atoms with van der Waals surface area (Å²) in [7, 11) is 1.55. The lowest BCUT2D eigenvalue weighted by atomic mass is 9.89. The molecule has 3 heterocycles. The minimum absolute atomic E-state index is 0.204. The van der Waals surface area contributed by atoms with Gasteiger partial charge in [-0.1, -0.05) is 0 Å². The maximum Gasteiger partial charge on any atom is 0.275 e. The number of carbonyl (C=O) groups excluding carboxylic acids is 2. The van der Waals surface area contributed by atoms with Gasteiger partial charge in [-0.2, -0.15) is 5.10 Å². The number of hydrogen-bond donors (Lipinski definition) is 3. The number of aliphatic hydroxyl groups is 1. The van der Waals surface area contributed by atoms with Gasteiger partial charge in [0, 0.05) is 37.2 Å². The van der Waals surface area contributed by atoms with Crippen LogP contribution in [0.15, 0.2) is 41.1 Å². The first-order valence-electron chi connectivity index (χ1n) is 11.9. The summed E-state index contributed by atoms with van der Waals surface area (Å²) >= 11 is 0. The van der Waals surface area contributed by atoms with Gasteiger partial charge in [-0.05, 0) is 44.4 Å². The van der Waals surface area contributed by atoms with E-state index in [1.165, 1.54) is 16.9 Å². The number of halogens is 2. The van der Waals surface area contributed by atoms with Crippen LogP contribution in [-0.4, -0.2) is 51.7 Å². The van der Waals surface area contributed by atoms with E-state index in [1.54, 1.807) is 45.2 Å². The summed E-state index contributed by atoms with van der Waals surface area (Å²) < 4.78 is 41.2. The number of nitrogens with zero attached hydrogens (tertiary/aromatic N) is 2. The summed E-state index contributed by atoms with van der Waals surface area (Å²) in [4.78, 5) is 25.2. The molecule has 1 aliphatic rings. The van der Waals surface area contributed by atoms with Crippen LogP contribution in [0.5, 0.6) is 11.5 Å². The second-order valence-corrected chi connectivity index (χ2v) is 9.21. The Hall–Kier alpha value is -3.99. The predicted octanol–water partition coefficient (Wildman–Crippen LogP) is 4.13. The molecule has 2 amide bonds. The number of rotatable bonds is 5. The molecule has 9 nitrogen and oxygen atoms in total. The van der Waals surface area contributed by atoms with Gasteiger partial charge in [-0.3, -0.25) is 9.59 Å². The molecule has 1 aromatic carbocycles. The van der Waals surface area contributed by atoms with Gasteiger partial charge in [-0.25, -0.2) is 13.3 Å². The molecule has 0 spiro atoms. The van der Waals surface area contributed by atoms with Crippen molar-refractivity contribution in [3.8, 4) is 11.5 Å². The number of ether oxygens (including phenoxy) is 1. The van der Waals surface area contributed by atoms with Crippen molar-refractivity contribution in [1.82, 2.24) is 20.2 Å². The Kier molecular flexibility index (Phi) is 6.10. The van der Waals surface area contributed by atoms with Crippen molar-refractivity contribution < 1.29 is 32.6 Å². The van der Waals surface area contributed by atoms with E-state index in [0.29, 0.717) is 44.9 Å². The second kappa shape index (κ2) is 9.15. The highest BCUT2D eigenvalue weighted by Crippen LogP contribution is 2.35. The normalized spacial score (nSPS) is 19.2. The molecule has 1 unspecified atom stereocenters. The lowest BCUT2D eigenvalue weighted by Gasteiger charge is -2.34. The number of aromatic nitrogens is 2. The molecule has 194 valence electrons. The largest absolute Gasteiger partial charge is 0.460 e. The van der Waals surface area contributed by atoms with Crippen LogP contribution in [0.1, 0.15) is 51.3 Å². The summed E-state index contributed by atoms with van der Waals surface area (Å²) in [6.45, 7) is 3.42. The molecule has 4 aromatic rings. The van der Waals surface area contributed by atoms with Crippen LogP contribution < -0.4 is 15.4 Å². The van der Waals surface area contributed by atoms with Crippen LogP contribution >= 0.6 is 0 Å². The molecule has 5 rings (SSSR count). The fraction of sp³-hybridized carbons (Fsp3) is 0.346. The topological polar surface area (TPSA) is 118 Å². The van der Waals surface area contributed by atoms with E-state index in [9.17, 15) is 23.5 Å². The average Bonchev–Trinajstić information content (AvgIpc) is 3.37. The zero-order valence-electron chi connectivity index (χ0n) is 20.5. The van der Waals surface area contributed by atoms with Crippen LogP contribution in [-0.2, 0) is 0 Å². The maximum absolute atomic E-state index is 13.9. The smallest absolute Gasteiger partial charge is 0.275 e. The Morgan fingerprint density at radius 1 is 1.24 bits per heavy atom. The van der Waals surface area contributed by atoms with E-state index >= 15 is 0 Å². The molecule has 3 N–H and O–H groups in total. The molecule has 0 radical (unpaired) electrons. The van der Waals surface area contributed by atoms with Gasteiger partial charge in [0.15, 0.2) is 5.75 Å². The molecule has 1 fully saturated rings. The number of benzene rings is 1. The maximum atomic E-state index is 13.9. The van der Waals surface area contributed by atoms with Gasteiger partial charge in [0.1, 0.15) is 28.7 Å². The molecular weight excluding hydrogens is 486 g/mol. The first-order chi connectivity index (χ1) is 17.6. The highest BCUT2D eigenvalue weighted by Gasteiger charge is 2.46. The van der Waals surface area contributed by atoms with Crippen molar-refractivity contribution in [2.75, 3.05) is 7.05 Å². The monoisotopic (exact) mass is 512 g/mol. The van der Waals surface area contributed by atoms with E-state index in [1.807, 2.05) is 0 Å². The molecule has 11 heteroatoms. The summed E-state index contributed by atoms with van der Waals surface area (Å²) in [6, 6.07) is 5.70. The molecule has 2 atom stereocenters. The molecule has 3 aromatic heterocycles. The van der Waals surface area contributed by atoms with E-state index < -0.39 is 30.4 Å². The molecular formula is C26H26F2N4O5. The SMILES string of the molecule is CNC(=O)c1c(C)oc2cc(Oc3ccnn4cc(C(=O)NC5CCCC(F)(F)[C@@H]5O)c(C)c34)ccc12. The van der Waals surface area contributed by atoms with E-state index in [-0.39, 0.29) is 24.3 Å². The molecule has 0 aliphatic heterocycles. The number of aliphatic hydroxyl groups excluding tert-OH is 1. The number of furan rings is 1. The Labute approximate surface area is 210 Å². The van der Waals surface area contributed by atoms with Crippen LogP contribution in [0.25, 0.3) is 16.5 Å². The van der Waals surface area contributed by atoms with Gasteiger partial charge >= 0.3 is 0 Å². The molecule has 1 aliphatic carbocycles. The number of fused-ring (bicyclic) bond motifs is 2. The van der Waals surface area contributed by atoms with Gasteiger partial charge in [0.25, 0.3) is 17.7 Å². The summed E-state index contributed by atoms with van der Waals surface area (Å²) in [5, 5.41) is 20.1. The molecule has 1 saturated carbocycles. The standard InChI is InChI=1S/C26H26F2N4O5/c1-13-17(24(34)31-18-5-4-9-26(27,28)23(18)33)12-32-22(13)19(8-10-30-32)37-15-6-7-16-20(11-15)36-14(2)21(16)25(35)29-3/h6-8,10-12,18,23,33H,4-5,9H2,1-3H3,(H,29,35)(H,31,34)/t18?,23-/m1/s1. The van der Waals surface area contributed by atoms with E-state index in [4.69, 9.17) is 9.15 Å². The zero-order chi connectivity index (χ0) is 26.5. The van der Waals surface area contributed by atoms with E-state index in [2.05, 4.69) is 15.7 Å². The number of hydrogen-bond acceptors (Lipinski definition) is 6. The van der Waals surface area contributed by atoms with Gasteiger partial charge in [-0.15, -0.1) is 0 Å². The van der Waals surface area contributed by atoms with Gasteiger partial charge < -0.3 is 24.9 Å². The van der Waals surface area contributed by atoms with Crippen LogP contribution in [0, 0.1) is 13.8 Å². The number of amides is 2. The van der Waals surface area contributed by atoms with Crippen molar-refractivity contribution in [3.05, 3.63) is 59.1 Å². The van der Waals surface area contributed by atoms with Gasteiger partial charge in [0.2, 0.25) is 0 Å². The Balaban J connectivity index is 1.44. The summed E-state index contributed by atoms with van der Waals surface area (Å²) in [5.74, 6) is -2.74. The van der Waals surface area contributed by atoms with Crippen molar-refractivity contribution in [1.29, 1.82) is 0 Å². The number of carbonyl (C=O) groups is 2. The third-order valence-corrected chi connectivity index (χ3v) is 6.81. The molecule has 0 bridgehead atoms. The third-order valence-electron chi connectivity index (χ3n) is 6.81. The Morgan fingerprint density at radius 2 is 2.03 bits per heavy atom. The predicted molar refractivity (Wildman–Crippen MR) is 130 cm³/mol. The minimum atomic E-state index is -3.24. The highest BCUT2D eigenvalue weighted by atomic mass is 19.3. The fourth-order valence-electron chi connectivity index (χ4n) is 4.89. The third kappa shape index (κ3) is 4.29. The van der Waals surface area contributed by atoms with Crippen molar-refractivity contribution in [2.45, 2.75) is 51.2 Å². The lowest BCUT2D eigenvalue weighted by Crippen LogP contribution is -2.54. The molecule has 37 heavy (non-hydrogen) atoms. The first-order valence-corrected chi connectivity index (χ1v) is 11.9. The van der Waals surface area contributed by atoms with Crippen LogP contribution in [0.3, 0.4) is 0 Å². The summed E-state index contributed by atoms with van der Waals surface area (Å²) in [5.41, 5.74) is 2.22. The highest BCUT2D eigenvalue weighted by molar-refractivity contribution is 6.07. The lowest BCUT2D eigenvalue weighted by molar-refractivity contribution is -0.141. The number of aryl methyl sites for hydroxylation is 2.